The summed E-state index contributed by atoms with van der Waals surface area (Å²) in [6, 6.07) is 15.4. The van der Waals surface area contributed by atoms with E-state index in [0.29, 0.717) is 18.1 Å². The second-order valence-electron chi connectivity index (χ2n) is 7.60. The van der Waals surface area contributed by atoms with E-state index in [-0.39, 0.29) is 12.3 Å². The zero-order valence-electron chi connectivity index (χ0n) is 17.9. The third-order valence-electron chi connectivity index (χ3n) is 5.40. The first kappa shape index (κ1) is 20.9. The van der Waals surface area contributed by atoms with Gasteiger partial charge in [-0.2, -0.15) is 4.98 Å². The molecule has 3 aromatic rings. The lowest BCUT2D eigenvalue weighted by Crippen LogP contribution is -2.44. The highest BCUT2D eigenvalue weighted by atomic mass is 16.5. The Morgan fingerprint density at radius 3 is 2.58 bits per heavy atom. The van der Waals surface area contributed by atoms with Crippen molar-refractivity contribution in [2.45, 2.75) is 12.8 Å². The number of anilines is 2. The van der Waals surface area contributed by atoms with Crippen LogP contribution in [0.25, 0.3) is 11.4 Å². The Bertz CT molecular complexity index is 1010. The van der Waals surface area contributed by atoms with Crippen LogP contribution in [-0.2, 0) is 11.2 Å². The molecule has 1 saturated heterocycles. The number of methoxy groups -OCH3 is 1. The number of nitrogens with one attached hydrogen (secondary N) is 1. The monoisotopic (exact) mass is 421 g/mol. The maximum atomic E-state index is 12.6. The molecule has 1 aliphatic heterocycles. The Morgan fingerprint density at radius 2 is 1.84 bits per heavy atom. The summed E-state index contributed by atoms with van der Waals surface area (Å²) < 4.78 is 10.5. The Labute approximate surface area is 181 Å². The van der Waals surface area contributed by atoms with Gasteiger partial charge in [0, 0.05) is 44.6 Å². The van der Waals surface area contributed by atoms with Crippen molar-refractivity contribution in [1.82, 2.24) is 15.0 Å². The Hall–Kier alpha value is -3.39. The van der Waals surface area contributed by atoms with Gasteiger partial charge in [-0.15, -0.1) is 0 Å². The molecule has 0 spiro atoms. The van der Waals surface area contributed by atoms with Gasteiger partial charge < -0.3 is 24.4 Å². The minimum atomic E-state index is -0.0780. The molecule has 8 nitrogen and oxygen atoms in total. The summed E-state index contributed by atoms with van der Waals surface area (Å²) in [6.45, 7) is 3.91. The van der Waals surface area contributed by atoms with Crippen LogP contribution in [0, 0.1) is 0 Å². The fraction of sp³-hybridized carbons (Fsp3) is 0.348. The van der Waals surface area contributed by atoms with Gasteiger partial charge in [-0.3, -0.25) is 4.79 Å². The van der Waals surface area contributed by atoms with Gasteiger partial charge in [0.05, 0.1) is 18.5 Å². The smallest absolute Gasteiger partial charge is 0.227 e. The molecule has 2 heterocycles. The number of carbonyl (C=O) groups excluding carboxylic acids is 1. The van der Waals surface area contributed by atoms with Gasteiger partial charge >= 0.3 is 0 Å². The normalized spacial score (nSPS) is 14.5. The molecule has 0 aliphatic carbocycles. The Kier molecular flexibility index (Phi) is 6.47. The number of aryl methyl sites for hydroxylation is 1. The highest BCUT2D eigenvalue weighted by Gasteiger charge is 2.18. The number of benzene rings is 2. The third kappa shape index (κ3) is 5.21. The molecule has 1 aliphatic rings. The van der Waals surface area contributed by atoms with Gasteiger partial charge in [0.25, 0.3) is 0 Å². The van der Waals surface area contributed by atoms with E-state index in [2.05, 4.69) is 38.4 Å². The van der Waals surface area contributed by atoms with Crippen molar-refractivity contribution in [1.29, 1.82) is 0 Å². The quantitative estimate of drug-likeness (QED) is 0.628. The van der Waals surface area contributed by atoms with Crippen molar-refractivity contribution in [3.05, 3.63) is 54.4 Å². The van der Waals surface area contributed by atoms with Crippen LogP contribution >= 0.6 is 0 Å². The number of rotatable bonds is 7. The van der Waals surface area contributed by atoms with E-state index in [0.717, 1.165) is 48.9 Å². The van der Waals surface area contributed by atoms with E-state index in [9.17, 15) is 4.79 Å². The first-order valence-electron chi connectivity index (χ1n) is 10.4. The molecule has 0 saturated carbocycles. The van der Waals surface area contributed by atoms with Gasteiger partial charge in [0.2, 0.25) is 17.6 Å². The summed E-state index contributed by atoms with van der Waals surface area (Å²) in [7, 11) is 3.75. The lowest BCUT2D eigenvalue weighted by atomic mass is 10.2. The molecule has 1 fully saturated rings. The summed E-state index contributed by atoms with van der Waals surface area (Å²) >= 11 is 0. The number of likely N-dealkylation sites (N-methyl/N-ethyl adjacent to an activating group) is 1. The standard InChI is InChI=1S/C23H27N5O3/c1-27-13-15-28(16-14-27)20-6-4-3-5-19(20)24-21(29)11-12-22-25-23(26-31-22)17-7-9-18(30-2)10-8-17/h3-10H,11-16H2,1-2H3,(H,24,29). The fourth-order valence-corrected chi connectivity index (χ4v) is 3.55. The molecule has 0 bridgehead atoms. The highest BCUT2D eigenvalue weighted by Crippen LogP contribution is 2.27. The van der Waals surface area contributed by atoms with Gasteiger partial charge in [0.1, 0.15) is 5.75 Å². The van der Waals surface area contributed by atoms with Gasteiger partial charge in [0.15, 0.2) is 0 Å². The van der Waals surface area contributed by atoms with Crippen LogP contribution in [0.2, 0.25) is 0 Å². The molecular formula is C23H27N5O3. The van der Waals surface area contributed by atoms with Gasteiger partial charge in [-0.25, -0.2) is 0 Å². The van der Waals surface area contributed by atoms with Crippen LogP contribution in [0.1, 0.15) is 12.3 Å². The molecule has 162 valence electrons. The molecule has 8 heteroatoms. The van der Waals surface area contributed by atoms with Gasteiger partial charge in [-0.1, -0.05) is 17.3 Å². The lowest BCUT2D eigenvalue weighted by Gasteiger charge is -2.35. The molecule has 4 rings (SSSR count). The topological polar surface area (TPSA) is 83.7 Å². The van der Waals surface area contributed by atoms with Crippen LogP contribution in [0.4, 0.5) is 11.4 Å². The number of amides is 1. The average molecular weight is 422 g/mol. The molecule has 1 N–H and O–H groups in total. The first-order valence-corrected chi connectivity index (χ1v) is 10.4. The number of carbonyl (C=O) groups is 1. The number of piperazine rings is 1. The summed E-state index contributed by atoms with van der Waals surface area (Å²) in [6.07, 6.45) is 0.646. The van der Waals surface area contributed by atoms with E-state index >= 15 is 0 Å². The van der Waals surface area contributed by atoms with E-state index in [4.69, 9.17) is 9.26 Å². The first-order chi connectivity index (χ1) is 15.1. The predicted octanol–water partition coefficient (Wildman–Crippen LogP) is 3.07. The van der Waals surface area contributed by atoms with Crippen molar-refractivity contribution in [2.75, 3.05) is 50.6 Å². The van der Waals surface area contributed by atoms with Crippen LogP contribution in [0.3, 0.4) is 0 Å². The molecule has 0 radical (unpaired) electrons. The molecule has 0 atom stereocenters. The lowest BCUT2D eigenvalue weighted by molar-refractivity contribution is -0.116. The van der Waals surface area contributed by atoms with E-state index in [1.165, 1.54) is 0 Å². The van der Waals surface area contributed by atoms with Crippen molar-refractivity contribution >= 4 is 17.3 Å². The number of aromatic nitrogens is 2. The minimum absolute atomic E-state index is 0.0780. The SMILES string of the molecule is COc1ccc(-c2noc(CCC(=O)Nc3ccccc3N3CCN(C)CC3)n2)cc1. The summed E-state index contributed by atoms with van der Waals surface area (Å²) in [4.78, 5) is 21.6. The fourth-order valence-electron chi connectivity index (χ4n) is 3.55. The minimum Gasteiger partial charge on any atom is -0.497 e. The predicted molar refractivity (Wildman–Crippen MR) is 119 cm³/mol. The van der Waals surface area contributed by atoms with Crippen LogP contribution in [0.5, 0.6) is 5.75 Å². The third-order valence-corrected chi connectivity index (χ3v) is 5.40. The van der Waals surface area contributed by atoms with Crippen molar-refractivity contribution in [3.63, 3.8) is 0 Å². The average Bonchev–Trinajstić information content (AvgIpc) is 3.28. The van der Waals surface area contributed by atoms with Crippen molar-refractivity contribution in [3.8, 4) is 17.1 Å². The number of hydrogen-bond donors (Lipinski definition) is 1. The Morgan fingerprint density at radius 1 is 1.10 bits per heavy atom. The molecule has 1 amide bonds. The summed E-state index contributed by atoms with van der Waals surface area (Å²) in [5.41, 5.74) is 2.73. The van der Waals surface area contributed by atoms with Crippen LogP contribution in [-0.4, -0.2) is 61.3 Å². The molecule has 1 aromatic heterocycles. The van der Waals surface area contributed by atoms with Gasteiger partial charge in [-0.05, 0) is 43.4 Å². The number of hydrogen-bond acceptors (Lipinski definition) is 7. The summed E-state index contributed by atoms with van der Waals surface area (Å²) in [5, 5.41) is 7.06. The van der Waals surface area contributed by atoms with E-state index in [1.807, 2.05) is 42.5 Å². The largest absolute Gasteiger partial charge is 0.497 e. The number of ether oxygens (including phenoxy) is 1. The second-order valence-corrected chi connectivity index (χ2v) is 7.60. The summed E-state index contributed by atoms with van der Waals surface area (Å²) in [5.74, 6) is 1.62. The molecular weight excluding hydrogens is 394 g/mol. The Balaban J connectivity index is 1.34. The zero-order chi connectivity index (χ0) is 21.6. The maximum absolute atomic E-state index is 12.6. The van der Waals surface area contributed by atoms with E-state index < -0.39 is 0 Å². The number of para-hydroxylation sites is 2. The number of nitrogens with zero attached hydrogens (tertiary/aromatic N) is 4. The maximum Gasteiger partial charge on any atom is 0.227 e. The van der Waals surface area contributed by atoms with Crippen molar-refractivity contribution in [2.24, 2.45) is 0 Å². The highest BCUT2D eigenvalue weighted by molar-refractivity contribution is 5.94. The zero-order valence-corrected chi connectivity index (χ0v) is 17.9. The van der Waals surface area contributed by atoms with Crippen molar-refractivity contribution < 1.29 is 14.1 Å². The second kappa shape index (κ2) is 9.61. The molecule has 0 unspecified atom stereocenters. The molecule has 31 heavy (non-hydrogen) atoms. The van der Waals surface area contributed by atoms with E-state index in [1.54, 1.807) is 7.11 Å². The van der Waals surface area contributed by atoms with Crippen LogP contribution in [0.15, 0.2) is 53.1 Å². The van der Waals surface area contributed by atoms with Crippen LogP contribution < -0.4 is 15.0 Å². The molecule has 2 aromatic carbocycles.